The fourth-order valence-electron chi connectivity index (χ4n) is 1.92. The van der Waals surface area contributed by atoms with Gasteiger partial charge in [-0.05, 0) is 24.5 Å². The lowest BCUT2D eigenvalue weighted by atomic mass is 10.2. The first kappa shape index (κ1) is 13.2. The maximum absolute atomic E-state index is 10.8. The maximum atomic E-state index is 10.8. The van der Waals surface area contributed by atoms with Gasteiger partial charge in [-0.25, -0.2) is 0 Å². The van der Waals surface area contributed by atoms with E-state index in [9.17, 15) is 10.1 Å². The lowest BCUT2D eigenvalue weighted by Crippen LogP contribution is -2.08. The molecule has 0 saturated carbocycles. The summed E-state index contributed by atoms with van der Waals surface area (Å²) in [7, 11) is 0. The number of nitro benzene ring substituents is 1. The largest absolute Gasteiger partial charge is 0.393 e. The topological polar surface area (TPSA) is 78.4 Å². The Balaban J connectivity index is 1.88. The van der Waals surface area contributed by atoms with Gasteiger partial charge in [-0.15, -0.1) is 0 Å². The number of nitro groups is 1. The standard InChI is InChI=1S/C12H16N2O3S/c13-11-4-3-9(6-12(11)14(15)16)7-18-8-10-2-1-5-17-10/h3-4,6,10H,1-2,5,7-8,13H2. The van der Waals surface area contributed by atoms with Gasteiger partial charge in [-0.3, -0.25) is 10.1 Å². The van der Waals surface area contributed by atoms with E-state index in [1.807, 2.05) is 6.07 Å². The molecule has 1 aromatic carbocycles. The number of benzene rings is 1. The van der Waals surface area contributed by atoms with Crippen molar-refractivity contribution in [2.24, 2.45) is 0 Å². The van der Waals surface area contributed by atoms with Crippen LogP contribution >= 0.6 is 11.8 Å². The summed E-state index contributed by atoms with van der Waals surface area (Å²) >= 11 is 1.74. The highest BCUT2D eigenvalue weighted by molar-refractivity contribution is 7.98. The number of anilines is 1. The van der Waals surface area contributed by atoms with Crippen LogP contribution in [-0.4, -0.2) is 23.4 Å². The van der Waals surface area contributed by atoms with E-state index in [1.165, 1.54) is 0 Å². The van der Waals surface area contributed by atoms with E-state index in [0.717, 1.165) is 36.5 Å². The number of thioether (sulfide) groups is 1. The van der Waals surface area contributed by atoms with Gasteiger partial charge in [0.25, 0.3) is 5.69 Å². The molecule has 5 nitrogen and oxygen atoms in total. The number of hydrogen-bond donors (Lipinski definition) is 1. The minimum absolute atomic E-state index is 0.00906. The fraction of sp³-hybridized carbons (Fsp3) is 0.500. The van der Waals surface area contributed by atoms with Crippen LogP contribution in [0.5, 0.6) is 0 Å². The Kier molecular flexibility index (Phi) is 4.43. The highest BCUT2D eigenvalue weighted by atomic mass is 32.2. The van der Waals surface area contributed by atoms with Gasteiger partial charge in [-0.2, -0.15) is 11.8 Å². The number of nitrogens with zero attached hydrogens (tertiary/aromatic N) is 1. The van der Waals surface area contributed by atoms with Crippen molar-refractivity contribution in [2.75, 3.05) is 18.1 Å². The highest BCUT2D eigenvalue weighted by Crippen LogP contribution is 2.26. The SMILES string of the molecule is Nc1ccc(CSCC2CCCO2)cc1[N+](=O)[O-]. The normalized spacial score (nSPS) is 19.0. The maximum Gasteiger partial charge on any atom is 0.292 e. The first-order valence-corrected chi connectivity index (χ1v) is 7.04. The lowest BCUT2D eigenvalue weighted by molar-refractivity contribution is -0.383. The van der Waals surface area contributed by atoms with E-state index in [0.29, 0.717) is 6.10 Å². The smallest absolute Gasteiger partial charge is 0.292 e. The van der Waals surface area contributed by atoms with Gasteiger partial charge >= 0.3 is 0 Å². The predicted octanol–water partition coefficient (Wildman–Crippen LogP) is 2.59. The molecule has 2 N–H and O–H groups in total. The van der Waals surface area contributed by atoms with Crippen LogP contribution in [0.1, 0.15) is 18.4 Å². The van der Waals surface area contributed by atoms with Crippen LogP contribution in [0.2, 0.25) is 0 Å². The predicted molar refractivity (Wildman–Crippen MR) is 72.6 cm³/mol. The zero-order valence-electron chi connectivity index (χ0n) is 10.0. The van der Waals surface area contributed by atoms with Crippen molar-refractivity contribution in [1.82, 2.24) is 0 Å². The quantitative estimate of drug-likeness (QED) is 0.504. The molecule has 1 aliphatic heterocycles. The molecule has 1 aromatic rings. The molecule has 0 spiro atoms. The summed E-state index contributed by atoms with van der Waals surface area (Å²) in [5.74, 6) is 1.69. The van der Waals surface area contributed by atoms with Gasteiger partial charge < -0.3 is 10.5 Å². The Morgan fingerprint density at radius 3 is 3.06 bits per heavy atom. The summed E-state index contributed by atoms with van der Waals surface area (Å²) < 4.78 is 5.52. The molecule has 2 rings (SSSR count). The Morgan fingerprint density at radius 2 is 2.39 bits per heavy atom. The van der Waals surface area contributed by atoms with Gasteiger partial charge in [0.15, 0.2) is 0 Å². The van der Waals surface area contributed by atoms with Crippen molar-refractivity contribution in [3.05, 3.63) is 33.9 Å². The van der Waals surface area contributed by atoms with E-state index in [2.05, 4.69) is 0 Å². The second-order valence-electron chi connectivity index (χ2n) is 4.30. The zero-order valence-corrected chi connectivity index (χ0v) is 10.8. The van der Waals surface area contributed by atoms with Crippen LogP contribution in [0.4, 0.5) is 11.4 Å². The van der Waals surface area contributed by atoms with Gasteiger partial charge in [0.1, 0.15) is 5.69 Å². The Morgan fingerprint density at radius 1 is 1.56 bits per heavy atom. The molecule has 98 valence electrons. The third-order valence-electron chi connectivity index (χ3n) is 2.89. The van der Waals surface area contributed by atoms with E-state index in [1.54, 1.807) is 23.9 Å². The van der Waals surface area contributed by atoms with Crippen molar-refractivity contribution in [3.8, 4) is 0 Å². The van der Waals surface area contributed by atoms with Gasteiger partial charge in [0, 0.05) is 24.2 Å². The van der Waals surface area contributed by atoms with E-state index in [4.69, 9.17) is 10.5 Å². The van der Waals surface area contributed by atoms with Crippen molar-refractivity contribution in [3.63, 3.8) is 0 Å². The van der Waals surface area contributed by atoms with Gasteiger partial charge in [0.2, 0.25) is 0 Å². The Bertz CT molecular complexity index is 433. The van der Waals surface area contributed by atoms with Crippen LogP contribution < -0.4 is 5.73 Å². The minimum Gasteiger partial charge on any atom is -0.393 e. The minimum atomic E-state index is -0.441. The van der Waals surface area contributed by atoms with E-state index in [-0.39, 0.29) is 11.4 Å². The summed E-state index contributed by atoms with van der Waals surface area (Å²) in [6, 6.07) is 4.99. The second kappa shape index (κ2) is 6.06. The second-order valence-corrected chi connectivity index (χ2v) is 5.33. The number of nitrogen functional groups attached to an aromatic ring is 1. The third kappa shape index (κ3) is 3.36. The molecule has 1 unspecified atom stereocenters. The third-order valence-corrected chi connectivity index (χ3v) is 4.03. The van der Waals surface area contributed by atoms with Crippen molar-refractivity contribution in [1.29, 1.82) is 0 Å². The van der Waals surface area contributed by atoms with Crippen molar-refractivity contribution < 1.29 is 9.66 Å². The number of hydrogen-bond acceptors (Lipinski definition) is 5. The highest BCUT2D eigenvalue weighted by Gasteiger charge is 2.16. The van der Waals surface area contributed by atoms with E-state index < -0.39 is 4.92 Å². The molecule has 1 saturated heterocycles. The average Bonchev–Trinajstić information content (AvgIpc) is 2.84. The number of nitrogens with two attached hydrogens (primary N) is 1. The van der Waals surface area contributed by atoms with Crippen molar-refractivity contribution >= 4 is 23.1 Å². The lowest BCUT2D eigenvalue weighted by Gasteiger charge is -2.08. The first-order chi connectivity index (χ1) is 8.66. The molecule has 0 aliphatic carbocycles. The van der Waals surface area contributed by atoms with Crippen LogP contribution in [-0.2, 0) is 10.5 Å². The average molecular weight is 268 g/mol. The van der Waals surface area contributed by atoms with Crippen LogP contribution in [0.25, 0.3) is 0 Å². The summed E-state index contributed by atoms with van der Waals surface area (Å²) in [6.45, 7) is 0.860. The summed E-state index contributed by atoms with van der Waals surface area (Å²) in [5.41, 5.74) is 6.69. The fourth-order valence-corrected chi connectivity index (χ4v) is 2.98. The first-order valence-electron chi connectivity index (χ1n) is 5.89. The molecular formula is C12H16N2O3S. The number of ether oxygens (including phenoxy) is 1. The monoisotopic (exact) mass is 268 g/mol. The van der Waals surface area contributed by atoms with Crippen molar-refractivity contribution in [2.45, 2.75) is 24.7 Å². The molecule has 1 aliphatic rings. The van der Waals surface area contributed by atoms with Gasteiger partial charge in [0.05, 0.1) is 11.0 Å². The summed E-state index contributed by atoms with van der Waals surface area (Å²) in [6.07, 6.45) is 2.60. The van der Waals surface area contributed by atoms with Crippen LogP contribution in [0.3, 0.4) is 0 Å². The molecule has 0 bridgehead atoms. The molecule has 0 aromatic heterocycles. The molecule has 6 heteroatoms. The Labute approximate surface area is 110 Å². The molecule has 1 fully saturated rings. The molecule has 18 heavy (non-hydrogen) atoms. The number of rotatable bonds is 5. The van der Waals surface area contributed by atoms with Crippen LogP contribution in [0, 0.1) is 10.1 Å². The molecule has 0 amide bonds. The molecule has 0 radical (unpaired) electrons. The van der Waals surface area contributed by atoms with E-state index >= 15 is 0 Å². The molecule has 1 heterocycles. The Hall–Kier alpha value is -1.27. The zero-order chi connectivity index (χ0) is 13.0. The van der Waals surface area contributed by atoms with Crippen LogP contribution in [0.15, 0.2) is 18.2 Å². The van der Waals surface area contributed by atoms with Gasteiger partial charge in [-0.1, -0.05) is 6.07 Å². The molecule has 1 atom stereocenters. The summed E-state index contributed by atoms with van der Waals surface area (Å²) in [4.78, 5) is 10.3. The molecular weight excluding hydrogens is 252 g/mol. The summed E-state index contributed by atoms with van der Waals surface area (Å²) in [5, 5.41) is 10.8.